The Morgan fingerprint density at radius 2 is 1.80 bits per heavy atom. The number of hydrogen-bond acceptors (Lipinski definition) is 3. The Labute approximate surface area is 126 Å². The molecular formula is C16H30N2OSi. The summed E-state index contributed by atoms with van der Waals surface area (Å²) in [5.41, 5.74) is 1.22. The van der Waals surface area contributed by atoms with E-state index in [4.69, 9.17) is 4.43 Å². The highest BCUT2D eigenvalue weighted by Gasteiger charge is 2.08. The van der Waals surface area contributed by atoms with E-state index in [0.29, 0.717) is 0 Å². The lowest BCUT2D eigenvalue weighted by Crippen LogP contribution is -2.21. The van der Waals surface area contributed by atoms with E-state index in [1.165, 1.54) is 11.6 Å². The van der Waals surface area contributed by atoms with E-state index in [9.17, 15) is 0 Å². The van der Waals surface area contributed by atoms with E-state index < -0.39 is 0 Å². The van der Waals surface area contributed by atoms with E-state index in [2.05, 4.69) is 43.2 Å². The van der Waals surface area contributed by atoms with Crippen LogP contribution in [0.3, 0.4) is 0 Å². The molecule has 1 aromatic carbocycles. The van der Waals surface area contributed by atoms with Gasteiger partial charge in [0.15, 0.2) is 9.76 Å². The predicted octanol–water partition coefficient (Wildman–Crippen LogP) is 2.65. The Kier molecular flexibility index (Phi) is 11.2. The minimum Gasteiger partial charge on any atom is -0.419 e. The van der Waals surface area contributed by atoms with E-state index in [1.54, 1.807) is 0 Å². The van der Waals surface area contributed by atoms with Gasteiger partial charge in [-0.2, -0.15) is 0 Å². The number of benzene rings is 1. The SMILES string of the molecule is CC(C)(C)O[SiH2]CCCN=Cc1ccccc1.CNC. The predicted molar refractivity (Wildman–Crippen MR) is 92.7 cm³/mol. The molecule has 0 aliphatic heterocycles. The van der Waals surface area contributed by atoms with Gasteiger partial charge >= 0.3 is 0 Å². The lowest BCUT2D eigenvalue weighted by atomic mass is 10.2. The topological polar surface area (TPSA) is 33.6 Å². The van der Waals surface area contributed by atoms with Crippen molar-refractivity contribution in [2.75, 3.05) is 20.6 Å². The van der Waals surface area contributed by atoms with Crippen molar-refractivity contribution < 1.29 is 4.43 Å². The standard InChI is InChI=1S/C14H23NOSi.C2H7N/c1-14(2,3)16-17-11-7-10-15-12-13-8-5-4-6-9-13;1-3-2/h4-6,8-9,12H,7,10-11,17H2,1-3H3;3H,1-2H3. The molecule has 114 valence electrons. The van der Waals surface area contributed by atoms with Gasteiger partial charge in [0.2, 0.25) is 0 Å². The molecular weight excluding hydrogens is 264 g/mol. The van der Waals surface area contributed by atoms with Gasteiger partial charge in [-0.1, -0.05) is 30.3 Å². The molecule has 0 amide bonds. The van der Waals surface area contributed by atoms with Gasteiger partial charge in [-0.3, -0.25) is 4.99 Å². The highest BCUT2D eigenvalue weighted by Crippen LogP contribution is 2.06. The van der Waals surface area contributed by atoms with Gasteiger partial charge in [-0.15, -0.1) is 0 Å². The van der Waals surface area contributed by atoms with Crippen LogP contribution in [0.15, 0.2) is 35.3 Å². The summed E-state index contributed by atoms with van der Waals surface area (Å²) < 4.78 is 5.78. The first-order valence-corrected chi connectivity index (χ1v) is 8.84. The summed E-state index contributed by atoms with van der Waals surface area (Å²) in [5, 5.41) is 2.75. The normalized spacial score (nSPS) is 11.8. The van der Waals surface area contributed by atoms with Crippen molar-refractivity contribution in [3.05, 3.63) is 35.9 Å². The summed E-state index contributed by atoms with van der Waals surface area (Å²) in [5.74, 6) is 0. The number of aliphatic imine (C=N–C) groups is 1. The summed E-state index contributed by atoms with van der Waals surface area (Å²) in [6.07, 6.45) is 3.10. The van der Waals surface area contributed by atoms with Crippen LogP contribution in [-0.4, -0.2) is 42.2 Å². The summed E-state index contributed by atoms with van der Waals surface area (Å²) in [7, 11) is 3.39. The molecule has 1 N–H and O–H groups in total. The van der Waals surface area contributed by atoms with Crippen LogP contribution in [0.1, 0.15) is 32.8 Å². The van der Waals surface area contributed by atoms with Crippen molar-refractivity contribution in [2.45, 2.75) is 38.8 Å². The van der Waals surface area contributed by atoms with E-state index in [0.717, 1.165) is 13.0 Å². The Balaban J connectivity index is 0.00000110. The second-order valence-corrected chi connectivity index (χ2v) is 7.02. The molecule has 0 spiro atoms. The third-order valence-corrected chi connectivity index (χ3v) is 4.12. The first-order valence-electron chi connectivity index (χ1n) is 7.27. The summed E-state index contributed by atoms with van der Waals surface area (Å²) in [4.78, 5) is 4.42. The maximum atomic E-state index is 5.78. The lowest BCUT2D eigenvalue weighted by molar-refractivity contribution is 0.138. The third-order valence-electron chi connectivity index (χ3n) is 2.26. The molecule has 0 aliphatic carbocycles. The van der Waals surface area contributed by atoms with Crippen LogP contribution in [0, 0.1) is 0 Å². The van der Waals surface area contributed by atoms with E-state index in [-0.39, 0.29) is 15.4 Å². The van der Waals surface area contributed by atoms with Crippen LogP contribution in [0.5, 0.6) is 0 Å². The third kappa shape index (κ3) is 13.5. The molecule has 0 fully saturated rings. The molecule has 0 heterocycles. The number of nitrogens with zero attached hydrogens (tertiary/aromatic N) is 1. The largest absolute Gasteiger partial charge is 0.419 e. The van der Waals surface area contributed by atoms with Gasteiger partial charge in [-0.05, 0) is 52.9 Å². The fraction of sp³-hybridized carbons (Fsp3) is 0.562. The molecule has 0 aliphatic rings. The molecule has 0 atom stereocenters. The molecule has 0 saturated heterocycles. The summed E-state index contributed by atoms with van der Waals surface area (Å²) >= 11 is 0. The quantitative estimate of drug-likeness (QED) is 0.497. The smallest absolute Gasteiger partial charge is 0.162 e. The van der Waals surface area contributed by atoms with Crippen molar-refractivity contribution in [2.24, 2.45) is 4.99 Å². The second-order valence-electron chi connectivity index (χ2n) is 5.61. The molecule has 0 aromatic heterocycles. The second kappa shape index (κ2) is 11.8. The molecule has 0 saturated carbocycles. The minimum atomic E-state index is -0.358. The highest BCUT2D eigenvalue weighted by atomic mass is 28.2. The molecule has 3 nitrogen and oxygen atoms in total. The Morgan fingerprint density at radius 3 is 2.35 bits per heavy atom. The zero-order chi connectivity index (χ0) is 15.3. The molecule has 0 radical (unpaired) electrons. The summed E-state index contributed by atoms with van der Waals surface area (Å²) in [6.45, 7) is 7.27. The minimum absolute atomic E-state index is 0.0412. The van der Waals surface area contributed by atoms with Crippen molar-refractivity contribution in [3.63, 3.8) is 0 Å². The maximum absolute atomic E-state index is 5.78. The highest BCUT2D eigenvalue weighted by molar-refractivity contribution is 6.27. The van der Waals surface area contributed by atoms with Gasteiger partial charge in [0.25, 0.3) is 0 Å². The fourth-order valence-corrected chi connectivity index (χ4v) is 2.58. The average Bonchev–Trinajstić information content (AvgIpc) is 2.38. The van der Waals surface area contributed by atoms with Gasteiger partial charge in [-0.25, -0.2) is 0 Å². The maximum Gasteiger partial charge on any atom is 0.162 e. The Bertz CT molecular complexity index is 347. The van der Waals surface area contributed by atoms with Crippen molar-refractivity contribution >= 4 is 16.0 Å². The molecule has 1 aromatic rings. The number of hydrogen-bond donors (Lipinski definition) is 1. The van der Waals surface area contributed by atoms with Crippen LogP contribution in [-0.2, 0) is 4.43 Å². The lowest BCUT2D eigenvalue weighted by Gasteiger charge is -2.19. The van der Waals surface area contributed by atoms with Crippen molar-refractivity contribution in [1.82, 2.24) is 5.32 Å². The average molecular weight is 295 g/mol. The first kappa shape index (κ1) is 19.0. The summed E-state index contributed by atoms with van der Waals surface area (Å²) in [6, 6.07) is 11.4. The zero-order valence-corrected chi connectivity index (χ0v) is 15.1. The van der Waals surface area contributed by atoms with Crippen LogP contribution in [0.2, 0.25) is 6.04 Å². The first-order chi connectivity index (χ1) is 9.49. The van der Waals surface area contributed by atoms with Gasteiger partial charge < -0.3 is 9.74 Å². The van der Waals surface area contributed by atoms with Gasteiger partial charge in [0.1, 0.15) is 0 Å². The molecule has 20 heavy (non-hydrogen) atoms. The van der Waals surface area contributed by atoms with Crippen molar-refractivity contribution in [3.8, 4) is 0 Å². The number of nitrogens with one attached hydrogen (secondary N) is 1. The molecule has 4 heteroatoms. The van der Waals surface area contributed by atoms with Crippen LogP contribution >= 0.6 is 0 Å². The van der Waals surface area contributed by atoms with E-state index >= 15 is 0 Å². The van der Waals surface area contributed by atoms with Crippen molar-refractivity contribution in [1.29, 1.82) is 0 Å². The molecule has 0 unspecified atom stereocenters. The Hall–Kier alpha value is -0.973. The van der Waals surface area contributed by atoms with Gasteiger partial charge in [0, 0.05) is 18.4 Å². The zero-order valence-electron chi connectivity index (χ0n) is 13.6. The van der Waals surface area contributed by atoms with Crippen LogP contribution in [0.4, 0.5) is 0 Å². The molecule has 1 rings (SSSR count). The van der Waals surface area contributed by atoms with Gasteiger partial charge in [0.05, 0.1) is 0 Å². The molecule has 0 bridgehead atoms. The number of rotatable bonds is 6. The monoisotopic (exact) mass is 294 g/mol. The van der Waals surface area contributed by atoms with Crippen LogP contribution in [0.25, 0.3) is 0 Å². The Morgan fingerprint density at radius 1 is 1.20 bits per heavy atom. The fourth-order valence-electron chi connectivity index (χ4n) is 1.39. The van der Waals surface area contributed by atoms with Crippen LogP contribution < -0.4 is 5.32 Å². The van der Waals surface area contributed by atoms with E-state index in [1.807, 2.05) is 38.5 Å².